The molecule has 5 nitrogen and oxygen atoms in total. The number of aromatic hydroxyl groups is 3. The predicted molar refractivity (Wildman–Crippen MR) is 75.2 cm³/mol. The second-order valence-corrected chi connectivity index (χ2v) is 5.07. The van der Waals surface area contributed by atoms with Gasteiger partial charge in [0.05, 0.1) is 11.5 Å². The van der Waals surface area contributed by atoms with Gasteiger partial charge in [0, 0.05) is 5.56 Å². The summed E-state index contributed by atoms with van der Waals surface area (Å²) in [5.74, 6) is -0.854. The van der Waals surface area contributed by atoms with E-state index in [9.17, 15) is 20.1 Å². The number of hydrogen-bond donors (Lipinski definition) is 3. The van der Waals surface area contributed by atoms with E-state index in [0.717, 1.165) is 5.56 Å². The Bertz CT molecular complexity index is 718. The van der Waals surface area contributed by atoms with Gasteiger partial charge in [0.25, 0.3) is 0 Å². The first-order valence-electron chi connectivity index (χ1n) is 6.50. The number of phenols is 3. The minimum atomic E-state index is -0.499. The molecule has 3 N–H and O–H groups in total. The molecular weight excluding hydrogens is 272 g/mol. The second kappa shape index (κ2) is 4.70. The quantitative estimate of drug-likeness (QED) is 0.701. The molecule has 1 aliphatic heterocycles. The molecule has 1 aliphatic rings. The molecule has 2 aromatic rings. The molecule has 1 atom stereocenters. The Kier molecular flexibility index (Phi) is 2.97. The van der Waals surface area contributed by atoms with Gasteiger partial charge in [-0.2, -0.15) is 0 Å². The maximum absolute atomic E-state index is 12.6. The Balaban J connectivity index is 2.05. The van der Waals surface area contributed by atoms with E-state index in [4.69, 9.17) is 4.74 Å². The van der Waals surface area contributed by atoms with Crippen LogP contribution in [0.15, 0.2) is 30.3 Å². The molecule has 0 fully saturated rings. The van der Waals surface area contributed by atoms with E-state index in [2.05, 4.69) is 0 Å². The van der Waals surface area contributed by atoms with Gasteiger partial charge >= 0.3 is 0 Å². The number of ether oxygens (including phenoxy) is 1. The first kappa shape index (κ1) is 13.3. The zero-order chi connectivity index (χ0) is 15.1. The molecule has 0 saturated heterocycles. The third kappa shape index (κ3) is 2.07. The number of benzene rings is 2. The molecule has 0 radical (unpaired) electrons. The van der Waals surface area contributed by atoms with Crippen LogP contribution in [0.2, 0.25) is 0 Å². The van der Waals surface area contributed by atoms with Crippen molar-refractivity contribution in [2.24, 2.45) is 0 Å². The summed E-state index contributed by atoms with van der Waals surface area (Å²) in [6.07, 6.45) is 0. The van der Waals surface area contributed by atoms with Gasteiger partial charge in [-0.05, 0) is 30.7 Å². The summed E-state index contributed by atoms with van der Waals surface area (Å²) in [5.41, 5.74) is 1.34. The Morgan fingerprint density at radius 3 is 2.48 bits per heavy atom. The topological polar surface area (TPSA) is 87.0 Å². The number of hydrogen-bond acceptors (Lipinski definition) is 5. The highest BCUT2D eigenvalue weighted by Crippen LogP contribution is 2.42. The zero-order valence-electron chi connectivity index (χ0n) is 11.3. The third-order valence-electron chi connectivity index (χ3n) is 3.74. The van der Waals surface area contributed by atoms with Crippen molar-refractivity contribution < 1.29 is 24.9 Å². The lowest BCUT2D eigenvalue weighted by Gasteiger charge is -2.26. The Hall–Kier alpha value is -2.69. The van der Waals surface area contributed by atoms with Gasteiger partial charge in [-0.3, -0.25) is 4.79 Å². The Labute approximate surface area is 121 Å². The first-order valence-corrected chi connectivity index (χ1v) is 6.50. The SMILES string of the molecule is Cc1c(O)c(O)cc2c1OCC(c1ccc(O)cc1)C2=O. The van der Waals surface area contributed by atoms with Crippen molar-refractivity contribution in [1.82, 2.24) is 0 Å². The van der Waals surface area contributed by atoms with Crippen LogP contribution in [0.1, 0.15) is 27.4 Å². The summed E-state index contributed by atoms with van der Waals surface area (Å²) in [6, 6.07) is 7.58. The highest BCUT2D eigenvalue weighted by atomic mass is 16.5. The summed E-state index contributed by atoms with van der Waals surface area (Å²) < 4.78 is 5.60. The van der Waals surface area contributed by atoms with Crippen LogP contribution in [0.3, 0.4) is 0 Å². The molecule has 3 rings (SSSR count). The van der Waals surface area contributed by atoms with Gasteiger partial charge in [0.15, 0.2) is 17.3 Å². The van der Waals surface area contributed by atoms with Crippen molar-refractivity contribution in [2.45, 2.75) is 12.8 Å². The summed E-state index contributed by atoms with van der Waals surface area (Å²) in [6.45, 7) is 1.74. The van der Waals surface area contributed by atoms with Crippen molar-refractivity contribution in [3.63, 3.8) is 0 Å². The first-order chi connectivity index (χ1) is 9.99. The van der Waals surface area contributed by atoms with E-state index >= 15 is 0 Å². The fourth-order valence-electron chi connectivity index (χ4n) is 2.53. The number of rotatable bonds is 1. The average molecular weight is 286 g/mol. The molecule has 0 bridgehead atoms. The van der Waals surface area contributed by atoms with Crippen LogP contribution in [0.4, 0.5) is 0 Å². The van der Waals surface area contributed by atoms with Gasteiger partial charge in [-0.25, -0.2) is 0 Å². The van der Waals surface area contributed by atoms with E-state index < -0.39 is 5.92 Å². The Morgan fingerprint density at radius 1 is 1.14 bits per heavy atom. The van der Waals surface area contributed by atoms with Crippen LogP contribution in [0.5, 0.6) is 23.0 Å². The standard InChI is InChI=1S/C16H14O5/c1-8-14(19)13(18)6-11-15(20)12(7-21-16(8)11)9-2-4-10(17)5-3-9/h2-6,12,17-19H,7H2,1H3. The van der Waals surface area contributed by atoms with Crippen LogP contribution in [0, 0.1) is 6.92 Å². The molecule has 21 heavy (non-hydrogen) atoms. The molecule has 0 saturated carbocycles. The van der Waals surface area contributed by atoms with E-state index in [1.54, 1.807) is 19.1 Å². The average Bonchev–Trinajstić information content (AvgIpc) is 2.47. The molecular formula is C16H14O5. The van der Waals surface area contributed by atoms with E-state index in [1.807, 2.05) is 0 Å². The van der Waals surface area contributed by atoms with Crippen LogP contribution in [0.25, 0.3) is 0 Å². The lowest BCUT2D eigenvalue weighted by molar-refractivity contribution is 0.0894. The number of Topliss-reactive ketones (excluding diaryl/α,β-unsaturated/α-hetero) is 1. The number of carbonyl (C=O) groups excluding carboxylic acids is 1. The predicted octanol–water partition coefficient (Wildman–Crippen LogP) is 2.47. The molecule has 0 aliphatic carbocycles. The molecule has 108 valence electrons. The molecule has 0 amide bonds. The van der Waals surface area contributed by atoms with Gasteiger partial charge in [-0.15, -0.1) is 0 Å². The monoisotopic (exact) mass is 286 g/mol. The molecule has 0 spiro atoms. The van der Waals surface area contributed by atoms with E-state index in [0.29, 0.717) is 11.3 Å². The fourth-order valence-corrected chi connectivity index (χ4v) is 2.53. The van der Waals surface area contributed by atoms with Gasteiger partial charge in [0.1, 0.15) is 18.1 Å². The van der Waals surface area contributed by atoms with Crippen LogP contribution in [-0.4, -0.2) is 27.7 Å². The minimum absolute atomic E-state index is 0.127. The number of carbonyl (C=O) groups is 1. The van der Waals surface area contributed by atoms with Crippen LogP contribution in [-0.2, 0) is 0 Å². The number of fused-ring (bicyclic) bond motifs is 1. The molecule has 1 heterocycles. The highest BCUT2D eigenvalue weighted by Gasteiger charge is 2.32. The zero-order valence-corrected chi connectivity index (χ0v) is 11.3. The summed E-state index contributed by atoms with van der Waals surface area (Å²) in [4.78, 5) is 12.6. The lowest BCUT2D eigenvalue weighted by Crippen LogP contribution is -2.26. The summed E-state index contributed by atoms with van der Waals surface area (Å²) in [5, 5.41) is 28.7. The van der Waals surface area contributed by atoms with Crippen molar-refractivity contribution in [3.05, 3.63) is 47.0 Å². The van der Waals surface area contributed by atoms with E-state index in [1.165, 1.54) is 18.2 Å². The lowest BCUT2D eigenvalue weighted by atomic mass is 9.88. The molecule has 1 unspecified atom stereocenters. The highest BCUT2D eigenvalue weighted by molar-refractivity contribution is 6.05. The van der Waals surface area contributed by atoms with Crippen molar-refractivity contribution in [2.75, 3.05) is 6.61 Å². The fraction of sp³-hybridized carbons (Fsp3) is 0.188. The smallest absolute Gasteiger partial charge is 0.177 e. The van der Waals surface area contributed by atoms with Crippen molar-refractivity contribution in [3.8, 4) is 23.0 Å². The number of phenolic OH excluding ortho intramolecular Hbond substituents is 3. The molecule has 2 aromatic carbocycles. The second-order valence-electron chi connectivity index (χ2n) is 5.07. The van der Waals surface area contributed by atoms with Gasteiger partial charge in [0.2, 0.25) is 0 Å². The van der Waals surface area contributed by atoms with E-state index in [-0.39, 0.29) is 35.2 Å². The van der Waals surface area contributed by atoms with Crippen molar-refractivity contribution in [1.29, 1.82) is 0 Å². The maximum Gasteiger partial charge on any atom is 0.177 e. The maximum atomic E-state index is 12.6. The van der Waals surface area contributed by atoms with Crippen molar-refractivity contribution >= 4 is 5.78 Å². The van der Waals surface area contributed by atoms with Gasteiger partial charge < -0.3 is 20.1 Å². The minimum Gasteiger partial charge on any atom is -0.508 e. The molecule has 0 aromatic heterocycles. The van der Waals surface area contributed by atoms with Crippen LogP contribution < -0.4 is 4.74 Å². The normalized spacial score (nSPS) is 17.2. The van der Waals surface area contributed by atoms with Crippen LogP contribution >= 0.6 is 0 Å². The summed E-state index contributed by atoms with van der Waals surface area (Å²) >= 11 is 0. The number of ketones is 1. The van der Waals surface area contributed by atoms with Gasteiger partial charge in [-0.1, -0.05) is 12.1 Å². The Morgan fingerprint density at radius 2 is 1.81 bits per heavy atom. The summed E-state index contributed by atoms with van der Waals surface area (Å²) in [7, 11) is 0. The largest absolute Gasteiger partial charge is 0.508 e. The third-order valence-corrected chi connectivity index (χ3v) is 3.74. The molecule has 5 heteroatoms.